The molecule has 18 heavy (non-hydrogen) atoms. The van der Waals surface area contributed by atoms with Crippen molar-refractivity contribution in [2.45, 2.75) is 25.7 Å². The molecule has 0 atom stereocenters. The number of hydrogen-bond acceptors (Lipinski definition) is 2. The highest BCUT2D eigenvalue weighted by Gasteiger charge is 2.41. The first-order chi connectivity index (χ1) is 8.65. The quantitative estimate of drug-likeness (QED) is 0.786. The second-order valence-electron chi connectivity index (χ2n) is 5.58. The fourth-order valence-corrected chi connectivity index (χ4v) is 3.39. The highest BCUT2D eigenvalue weighted by Crippen LogP contribution is 2.49. The van der Waals surface area contributed by atoms with Gasteiger partial charge in [-0.3, -0.25) is 0 Å². The van der Waals surface area contributed by atoms with Crippen molar-refractivity contribution in [1.82, 2.24) is 0 Å². The van der Waals surface area contributed by atoms with Crippen molar-refractivity contribution in [3.63, 3.8) is 0 Å². The molecule has 2 aliphatic rings. The van der Waals surface area contributed by atoms with Crippen LogP contribution in [0.25, 0.3) is 0 Å². The van der Waals surface area contributed by atoms with Crippen LogP contribution in [0, 0.1) is 17.8 Å². The zero-order valence-corrected chi connectivity index (χ0v) is 11.8. The predicted octanol–water partition coefficient (Wildman–Crippen LogP) is 4.42. The summed E-state index contributed by atoms with van der Waals surface area (Å²) >= 11 is 12.4. The third kappa shape index (κ3) is 2.70. The van der Waals surface area contributed by atoms with Crippen LogP contribution < -0.4 is 11.1 Å². The summed E-state index contributed by atoms with van der Waals surface area (Å²) in [6.07, 6.45) is 5.58. The summed E-state index contributed by atoms with van der Waals surface area (Å²) in [5, 5.41) is 4.66. The van der Waals surface area contributed by atoms with E-state index in [9.17, 15) is 0 Å². The van der Waals surface area contributed by atoms with Crippen molar-refractivity contribution >= 4 is 34.6 Å². The molecule has 0 spiro atoms. The van der Waals surface area contributed by atoms with E-state index in [4.69, 9.17) is 28.9 Å². The molecular weight excluding hydrogens is 267 g/mol. The van der Waals surface area contributed by atoms with E-state index in [0.29, 0.717) is 15.7 Å². The van der Waals surface area contributed by atoms with E-state index in [1.165, 1.54) is 25.7 Å². The van der Waals surface area contributed by atoms with Crippen LogP contribution in [0.1, 0.15) is 25.7 Å². The van der Waals surface area contributed by atoms with Gasteiger partial charge in [0.15, 0.2) is 0 Å². The number of nitrogen functional groups attached to an aromatic ring is 1. The maximum absolute atomic E-state index is 6.18. The highest BCUT2D eigenvalue weighted by atomic mass is 35.5. The number of halogens is 2. The largest absolute Gasteiger partial charge is 0.399 e. The molecule has 2 nitrogen and oxygen atoms in total. The van der Waals surface area contributed by atoms with Gasteiger partial charge in [-0.05, 0) is 55.6 Å². The average Bonchev–Trinajstić information content (AvgIpc) is 3.12. The lowest BCUT2D eigenvalue weighted by molar-refractivity contribution is 0.428. The van der Waals surface area contributed by atoms with Crippen molar-refractivity contribution in [1.29, 1.82) is 0 Å². The Balaban J connectivity index is 1.68. The van der Waals surface area contributed by atoms with Crippen LogP contribution >= 0.6 is 23.2 Å². The molecule has 0 unspecified atom stereocenters. The van der Waals surface area contributed by atoms with Crippen molar-refractivity contribution in [2.75, 3.05) is 17.6 Å². The van der Waals surface area contributed by atoms with Gasteiger partial charge in [0.1, 0.15) is 0 Å². The molecule has 3 rings (SSSR count). The summed E-state index contributed by atoms with van der Waals surface area (Å²) in [4.78, 5) is 0. The van der Waals surface area contributed by atoms with Gasteiger partial charge in [0.25, 0.3) is 0 Å². The van der Waals surface area contributed by atoms with Gasteiger partial charge >= 0.3 is 0 Å². The molecule has 3 N–H and O–H groups in total. The molecule has 0 aliphatic heterocycles. The van der Waals surface area contributed by atoms with Gasteiger partial charge in [-0.2, -0.15) is 0 Å². The zero-order chi connectivity index (χ0) is 12.7. The Labute approximate surface area is 118 Å². The number of rotatable bonds is 5. The Bertz CT molecular complexity index is 418. The lowest BCUT2D eigenvalue weighted by Crippen LogP contribution is -2.18. The van der Waals surface area contributed by atoms with Crippen LogP contribution in [0.2, 0.25) is 10.0 Å². The van der Waals surface area contributed by atoms with Gasteiger partial charge in [-0.25, -0.2) is 0 Å². The van der Waals surface area contributed by atoms with Crippen molar-refractivity contribution in [2.24, 2.45) is 17.8 Å². The fraction of sp³-hybridized carbons (Fsp3) is 0.571. The molecule has 2 saturated carbocycles. The third-order valence-corrected chi connectivity index (χ3v) is 4.63. The molecular formula is C14H18Cl2N2. The van der Waals surface area contributed by atoms with Crippen LogP contribution in [0.3, 0.4) is 0 Å². The van der Waals surface area contributed by atoms with E-state index in [0.717, 1.165) is 30.0 Å². The fourth-order valence-electron chi connectivity index (χ4n) is 2.75. The minimum Gasteiger partial charge on any atom is -0.399 e. The third-order valence-electron chi connectivity index (χ3n) is 4.03. The van der Waals surface area contributed by atoms with Gasteiger partial charge in [-0.1, -0.05) is 23.2 Å². The molecule has 2 fully saturated rings. The number of nitrogens with one attached hydrogen (secondary N) is 1. The molecule has 0 bridgehead atoms. The minimum atomic E-state index is 0.608. The first kappa shape index (κ1) is 12.4. The Hall–Kier alpha value is -0.600. The normalized spacial score (nSPS) is 19.3. The molecule has 1 aromatic rings. The number of nitrogens with two attached hydrogens (primary N) is 1. The Morgan fingerprint density at radius 2 is 1.61 bits per heavy atom. The van der Waals surface area contributed by atoms with E-state index in [-0.39, 0.29) is 0 Å². The van der Waals surface area contributed by atoms with Crippen LogP contribution in [0.15, 0.2) is 12.1 Å². The summed E-state index contributed by atoms with van der Waals surface area (Å²) in [6, 6.07) is 3.50. The van der Waals surface area contributed by atoms with Crippen LogP contribution in [0.5, 0.6) is 0 Å². The molecule has 0 amide bonds. The van der Waals surface area contributed by atoms with Gasteiger partial charge in [-0.15, -0.1) is 0 Å². The zero-order valence-electron chi connectivity index (χ0n) is 10.3. The van der Waals surface area contributed by atoms with Crippen molar-refractivity contribution in [3.05, 3.63) is 22.2 Å². The Morgan fingerprint density at radius 1 is 1.11 bits per heavy atom. The molecule has 0 heterocycles. The smallest absolute Gasteiger partial charge is 0.0720 e. The molecule has 2 aliphatic carbocycles. The number of benzene rings is 1. The van der Waals surface area contributed by atoms with E-state index >= 15 is 0 Å². The number of anilines is 2. The molecule has 0 aromatic heterocycles. The molecule has 98 valence electrons. The van der Waals surface area contributed by atoms with E-state index < -0.39 is 0 Å². The number of hydrogen-bond donors (Lipinski definition) is 2. The predicted molar refractivity (Wildman–Crippen MR) is 78.3 cm³/mol. The van der Waals surface area contributed by atoms with E-state index in [1.807, 2.05) is 0 Å². The lowest BCUT2D eigenvalue weighted by atomic mass is 9.98. The first-order valence-corrected chi connectivity index (χ1v) is 7.39. The van der Waals surface area contributed by atoms with Gasteiger partial charge < -0.3 is 11.1 Å². The topological polar surface area (TPSA) is 38.0 Å². The second kappa shape index (κ2) is 4.82. The average molecular weight is 285 g/mol. The summed E-state index contributed by atoms with van der Waals surface area (Å²) in [5.74, 6) is 2.65. The van der Waals surface area contributed by atoms with Gasteiger partial charge in [0.2, 0.25) is 0 Å². The molecule has 0 radical (unpaired) electrons. The first-order valence-electron chi connectivity index (χ1n) is 6.63. The SMILES string of the molecule is Nc1cc(Cl)c(NCC(C2CC2)C2CC2)c(Cl)c1. The molecule has 0 saturated heterocycles. The molecule has 4 heteroatoms. The Morgan fingerprint density at radius 3 is 2.06 bits per heavy atom. The van der Waals surface area contributed by atoms with E-state index in [2.05, 4.69) is 5.32 Å². The summed E-state index contributed by atoms with van der Waals surface area (Å²) < 4.78 is 0. The highest BCUT2D eigenvalue weighted by molar-refractivity contribution is 6.39. The van der Waals surface area contributed by atoms with Crippen LogP contribution in [0.4, 0.5) is 11.4 Å². The van der Waals surface area contributed by atoms with E-state index in [1.54, 1.807) is 12.1 Å². The lowest BCUT2D eigenvalue weighted by Gasteiger charge is -2.18. The summed E-state index contributed by atoms with van der Waals surface area (Å²) in [6.45, 7) is 0.985. The Kier molecular flexibility index (Phi) is 3.33. The van der Waals surface area contributed by atoms with Gasteiger partial charge in [0.05, 0.1) is 15.7 Å². The summed E-state index contributed by atoms with van der Waals surface area (Å²) in [7, 11) is 0. The summed E-state index contributed by atoms with van der Waals surface area (Å²) in [5.41, 5.74) is 7.14. The van der Waals surface area contributed by atoms with Crippen LogP contribution in [-0.4, -0.2) is 6.54 Å². The van der Waals surface area contributed by atoms with Gasteiger partial charge in [0, 0.05) is 12.2 Å². The molecule has 1 aromatic carbocycles. The van der Waals surface area contributed by atoms with Crippen molar-refractivity contribution in [3.8, 4) is 0 Å². The monoisotopic (exact) mass is 284 g/mol. The minimum absolute atomic E-state index is 0.608. The van der Waals surface area contributed by atoms with Crippen LogP contribution in [-0.2, 0) is 0 Å². The maximum Gasteiger partial charge on any atom is 0.0720 e. The van der Waals surface area contributed by atoms with Crippen molar-refractivity contribution < 1.29 is 0 Å². The second-order valence-corrected chi connectivity index (χ2v) is 6.39. The standard InChI is InChI=1S/C14H18Cl2N2/c15-12-5-10(17)6-13(16)14(12)18-7-11(8-1-2-8)9-3-4-9/h5-6,8-9,11,18H,1-4,7,17H2. The maximum atomic E-state index is 6.18.